The molecule has 1 saturated carbocycles. The largest absolute Gasteiger partial charge is 0.437 e. The Morgan fingerprint density at radius 3 is 2.71 bits per heavy atom. The maximum absolute atomic E-state index is 9.64. The van der Waals surface area contributed by atoms with E-state index in [0.717, 1.165) is 30.7 Å². The summed E-state index contributed by atoms with van der Waals surface area (Å²) in [5.74, 6) is 0.875. The minimum atomic E-state index is -0.187. The molecule has 1 fully saturated rings. The number of nitrogens with zero attached hydrogens (tertiary/aromatic N) is 1. The highest BCUT2D eigenvalue weighted by Crippen LogP contribution is 2.35. The van der Waals surface area contributed by atoms with Crippen molar-refractivity contribution in [3.63, 3.8) is 0 Å². The van der Waals surface area contributed by atoms with Crippen molar-refractivity contribution in [2.24, 2.45) is 0 Å². The number of oxazole rings is 1. The van der Waals surface area contributed by atoms with E-state index >= 15 is 0 Å². The van der Waals surface area contributed by atoms with Crippen molar-refractivity contribution in [1.29, 1.82) is 0 Å². The van der Waals surface area contributed by atoms with Gasteiger partial charge in [-0.1, -0.05) is 11.8 Å². The number of aliphatic hydroxyl groups excluding tert-OH is 1. The summed E-state index contributed by atoms with van der Waals surface area (Å²) in [6.07, 6.45) is 2.90. The van der Waals surface area contributed by atoms with Gasteiger partial charge in [0.05, 0.1) is 11.8 Å². The first kappa shape index (κ1) is 10.1. The van der Waals surface area contributed by atoms with Gasteiger partial charge in [0.2, 0.25) is 0 Å². The molecule has 1 heterocycles. The molecule has 0 radical (unpaired) electrons. The van der Waals surface area contributed by atoms with Crippen molar-refractivity contribution in [2.75, 3.05) is 0 Å². The van der Waals surface area contributed by atoms with Gasteiger partial charge in [0.1, 0.15) is 5.76 Å². The lowest BCUT2D eigenvalue weighted by atomic mass is 10.3. The third kappa shape index (κ3) is 1.96. The van der Waals surface area contributed by atoms with Crippen LogP contribution in [0.3, 0.4) is 0 Å². The zero-order valence-corrected chi connectivity index (χ0v) is 9.30. The Hall–Kier alpha value is -0.480. The molecule has 1 aliphatic rings. The molecule has 1 aromatic heterocycles. The molecule has 1 aliphatic carbocycles. The molecule has 1 aromatic rings. The summed E-state index contributed by atoms with van der Waals surface area (Å²) in [6.45, 7) is 3.85. The Labute approximate surface area is 87.9 Å². The molecule has 0 amide bonds. The van der Waals surface area contributed by atoms with E-state index in [1.165, 1.54) is 0 Å². The predicted octanol–water partition coefficient (Wildman–Crippen LogP) is 2.30. The van der Waals surface area contributed by atoms with E-state index < -0.39 is 0 Å². The molecule has 78 valence electrons. The summed E-state index contributed by atoms with van der Waals surface area (Å²) < 4.78 is 5.47. The van der Waals surface area contributed by atoms with E-state index in [-0.39, 0.29) is 11.4 Å². The molecule has 2 atom stereocenters. The lowest BCUT2D eigenvalue weighted by Gasteiger charge is -2.10. The highest BCUT2D eigenvalue weighted by molar-refractivity contribution is 7.99. The maximum Gasteiger partial charge on any atom is 0.256 e. The van der Waals surface area contributed by atoms with Gasteiger partial charge in [-0.05, 0) is 33.1 Å². The van der Waals surface area contributed by atoms with Crippen LogP contribution in [-0.2, 0) is 0 Å². The normalized spacial score (nSPS) is 27.1. The van der Waals surface area contributed by atoms with Gasteiger partial charge in [-0.2, -0.15) is 0 Å². The smallest absolute Gasteiger partial charge is 0.256 e. The summed E-state index contributed by atoms with van der Waals surface area (Å²) in [5, 5.41) is 10.6. The van der Waals surface area contributed by atoms with E-state index in [9.17, 15) is 5.11 Å². The van der Waals surface area contributed by atoms with Crippen molar-refractivity contribution in [3.8, 4) is 0 Å². The quantitative estimate of drug-likeness (QED) is 0.818. The van der Waals surface area contributed by atoms with Crippen LogP contribution in [0.25, 0.3) is 0 Å². The van der Waals surface area contributed by atoms with E-state index in [1.807, 2.05) is 13.8 Å². The number of hydrogen-bond acceptors (Lipinski definition) is 4. The summed E-state index contributed by atoms with van der Waals surface area (Å²) in [4.78, 5) is 4.29. The summed E-state index contributed by atoms with van der Waals surface area (Å²) >= 11 is 1.57. The third-order valence-corrected chi connectivity index (χ3v) is 3.91. The molecule has 0 saturated heterocycles. The van der Waals surface area contributed by atoms with Gasteiger partial charge in [0.15, 0.2) is 0 Å². The zero-order chi connectivity index (χ0) is 10.1. The van der Waals surface area contributed by atoms with Gasteiger partial charge in [-0.15, -0.1) is 0 Å². The number of thioether (sulfide) groups is 1. The summed E-state index contributed by atoms with van der Waals surface area (Å²) in [5.41, 5.74) is 0.944. The van der Waals surface area contributed by atoms with Gasteiger partial charge in [-0.3, -0.25) is 0 Å². The second-order valence-electron chi connectivity index (χ2n) is 3.78. The number of rotatable bonds is 2. The molecule has 2 rings (SSSR count). The Balaban J connectivity index is 2.03. The van der Waals surface area contributed by atoms with Crippen LogP contribution in [0.4, 0.5) is 0 Å². The summed E-state index contributed by atoms with van der Waals surface area (Å²) in [6, 6.07) is 0. The fraction of sp³-hybridized carbons (Fsp3) is 0.700. The minimum absolute atomic E-state index is 0.187. The Morgan fingerprint density at radius 1 is 1.43 bits per heavy atom. The second kappa shape index (κ2) is 3.95. The highest BCUT2D eigenvalue weighted by Gasteiger charge is 2.27. The first-order valence-corrected chi connectivity index (χ1v) is 5.83. The number of aryl methyl sites for hydroxylation is 2. The van der Waals surface area contributed by atoms with Crippen LogP contribution < -0.4 is 0 Å². The average molecular weight is 213 g/mol. The van der Waals surface area contributed by atoms with Crippen LogP contribution in [0.15, 0.2) is 9.64 Å². The standard InChI is InChI=1S/C10H15NO2S/c1-6-7(2)13-10(11-6)14-9-5-3-4-8(9)12/h8-9,12H,3-5H2,1-2H3/t8-,9-/m1/s1. The fourth-order valence-electron chi connectivity index (χ4n) is 1.67. The fourth-order valence-corrected chi connectivity index (χ4v) is 2.87. The van der Waals surface area contributed by atoms with Crippen LogP contribution in [0.5, 0.6) is 0 Å². The van der Waals surface area contributed by atoms with E-state index in [1.54, 1.807) is 11.8 Å². The van der Waals surface area contributed by atoms with Crippen LogP contribution in [-0.4, -0.2) is 21.4 Å². The van der Waals surface area contributed by atoms with Crippen LogP contribution in [0.2, 0.25) is 0 Å². The molecule has 0 bridgehead atoms. The molecule has 3 nitrogen and oxygen atoms in total. The second-order valence-corrected chi connectivity index (χ2v) is 4.97. The molecule has 0 aromatic carbocycles. The third-order valence-electron chi connectivity index (χ3n) is 2.68. The molecule has 0 unspecified atom stereocenters. The van der Waals surface area contributed by atoms with Crippen molar-refractivity contribution < 1.29 is 9.52 Å². The molecule has 0 aliphatic heterocycles. The zero-order valence-electron chi connectivity index (χ0n) is 8.49. The van der Waals surface area contributed by atoms with Crippen molar-refractivity contribution in [2.45, 2.75) is 49.7 Å². The van der Waals surface area contributed by atoms with Gasteiger partial charge in [-0.25, -0.2) is 4.98 Å². The van der Waals surface area contributed by atoms with E-state index in [4.69, 9.17) is 4.42 Å². The minimum Gasteiger partial charge on any atom is -0.437 e. The first-order valence-electron chi connectivity index (χ1n) is 4.95. The molecule has 0 spiro atoms. The molecule has 14 heavy (non-hydrogen) atoms. The average Bonchev–Trinajstić information content (AvgIpc) is 2.63. The van der Waals surface area contributed by atoms with Gasteiger partial charge < -0.3 is 9.52 Å². The maximum atomic E-state index is 9.64. The van der Waals surface area contributed by atoms with Gasteiger partial charge in [0.25, 0.3) is 5.22 Å². The lowest BCUT2D eigenvalue weighted by Crippen LogP contribution is -2.14. The Morgan fingerprint density at radius 2 is 2.21 bits per heavy atom. The SMILES string of the molecule is Cc1nc(S[C@@H]2CCC[C@H]2O)oc1C. The van der Waals surface area contributed by atoms with Crippen LogP contribution in [0.1, 0.15) is 30.7 Å². The predicted molar refractivity (Wildman–Crippen MR) is 55.5 cm³/mol. The molecular weight excluding hydrogens is 198 g/mol. The Bertz CT molecular complexity index is 304. The van der Waals surface area contributed by atoms with Crippen molar-refractivity contribution in [3.05, 3.63) is 11.5 Å². The van der Waals surface area contributed by atoms with Gasteiger partial charge in [0, 0.05) is 5.25 Å². The lowest BCUT2D eigenvalue weighted by molar-refractivity contribution is 0.187. The summed E-state index contributed by atoms with van der Waals surface area (Å²) in [7, 11) is 0. The topological polar surface area (TPSA) is 46.3 Å². The Kier molecular flexibility index (Phi) is 2.83. The van der Waals surface area contributed by atoms with Gasteiger partial charge >= 0.3 is 0 Å². The highest BCUT2D eigenvalue weighted by atomic mass is 32.2. The van der Waals surface area contributed by atoms with E-state index in [2.05, 4.69) is 4.98 Å². The van der Waals surface area contributed by atoms with Crippen molar-refractivity contribution in [1.82, 2.24) is 4.98 Å². The van der Waals surface area contributed by atoms with Crippen molar-refractivity contribution >= 4 is 11.8 Å². The molecule has 1 N–H and O–H groups in total. The monoisotopic (exact) mass is 213 g/mol. The van der Waals surface area contributed by atoms with Crippen LogP contribution in [0, 0.1) is 13.8 Å². The number of aliphatic hydroxyl groups is 1. The number of hydrogen-bond donors (Lipinski definition) is 1. The first-order chi connectivity index (χ1) is 6.66. The molecular formula is C10H15NO2S. The number of aromatic nitrogens is 1. The molecule has 4 heteroatoms. The van der Waals surface area contributed by atoms with Crippen LogP contribution >= 0.6 is 11.8 Å². The van der Waals surface area contributed by atoms with E-state index in [0.29, 0.717) is 5.22 Å².